The Bertz CT molecular complexity index is 788. The molecule has 0 aliphatic rings. The Labute approximate surface area is 167 Å². The second-order valence-electron chi connectivity index (χ2n) is 6.45. The number of methoxy groups -OCH3 is 4. The Morgan fingerprint density at radius 1 is 0.893 bits per heavy atom. The zero-order valence-corrected chi connectivity index (χ0v) is 17.4. The standard InChI is InChI=1S/C22H29NO5/c1-15(16-7-11-18(25-3)12-8-16)23(2)20(24)14-10-17-9-13-19(26-4)22(28-6)21(17)27-5/h7-9,11-13,15H,10,14H2,1-6H3. The minimum atomic E-state index is -0.0364. The van der Waals surface area contributed by atoms with Crippen molar-refractivity contribution < 1.29 is 23.7 Å². The molecule has 0 spiro atoms. The summed E-state index contributed by atoms with van der Waals surface area (Å²) in [7, 11) is 8.19. The number of hydrogen-bond acceptors (Lipinski definition) is 5. The maximum Gasteiger partial charge on any atom is 0.223 e. The number of hydrogen-bond donors (Lipinski definition) is 0. The summed E-state index contributed by atoms with van der Waals surface area (Å²) in [4.78, 5) is 14.5. The summed E-state index contributed by atoms with van der Waals surface area (Å²) < 4.78 is 21.4. The van der Waals surface area contributed by atoms with Crippen molar-refractivity contribution in [3.8, 4) is 23.0 Å². The van der Waals surface area contributed by atoms with Gasteiger partial charge in [0, 0.05) is 13.5 Å². The van der Waals surface area contributed by atoms with Crippen LogP contribution >= 0.6 is 0 Å². The van der Waals surface area contributed by atoms with Crippen molar-refractivity contribution in [3.05, 3.63) is 47.5 Å². The van der Waals surface area contributed by atoms with E-state index in [1.807, 2.05) is 50.4 Å². The third kappa shape index (κ3) is 4.68. The second kappa shape index (κ2) is 9.88. The van der Waals surface area contributed by atoms with Crippen molar-refractivity contribution in [1.82, 2.24) is 4.90 Å². The average Bonchev–Trinajstić information content (AvgIpc) is 2.75. The van der Waals surface area contributed by atoms with Crippen LogP contribution in [-0.2, 0) is 11.2 Å². The van der Waals surface area contributed by atoms with E-state index in [2.05, 4.69) is 0 Å². The fourth-order valence-electron chi connectivity index (χ4n) is 3.10. The monoisotopic (exact) mass is 387 g/mol. The van der Waals surface area contributed by atoms with Gasteiger partial charge in [-0.15, -0.1) is 0 Å². The highest BCUT2D eigenvalue weighted by molar-refractivity contribution is 5.77. The number of carbonyl (C=O) groups excluding carboxylic acids is 1. The lowest BCUT2D eigenvalue weighted by Crippen LogP contribution is -2.29. The molecule has 0 aliphatic heterocycles. The number of aryl methyl sites for hydroxylation is 1. The fourth-order valence-corrected chi connectivity index (χ4v) is 3.10. The lowest BCUT2D eigenvalue weighted by Gasteiger charge is -2.26. The quantitative estimate of drug-likeness (QED) is 0.654. The van der Waals surface area contributed by atoms with E-state index < -0.39 is 0 Å². The van der Waals surface area contributed by atoms with Crippen LogP contribution in [0.25, 0.3) is 0 Å². The molecule has 1 unspecified atom stereocenters. The number of amides is 1. The van der Waals surface area contributed by atoms with Crippen LogP contribution in [0.3, 0.4) is 0 Å². The van der Waals surface area contributed by atoms with E-state index in [4.69, 9.17) is 18.9 Å². The van der Waals surface area contributed by atoms with Crippen molar-refractivity contribution in [3.63, 3.8) is 0 Å². The molecule has 152 valence electrons. The maximum absolute atomic E-state index is 12.7. The normalized spacial score (nSPS) is 11.5. The van der Waals surface area contributed by atoms with E-state index in [1.165, 1.54) is 0 Å². The number of rotatable bonds is 9. The van der Waals surface area contributed by atoms with E-state index in [1.54, 1.807) is 33.3 Å². The van der Waals surface area contributed by atoms with Crippen LogP contribution in [0.4, 0.5) is 0 Å². The molecule has 0 saturated carbocycles. The summed E-state index contributed by atoms with van der Waals surface area (Å²) >= 11 is 0. The molecule has 6 nitrogen and oxygen atoms in total. The summed E-state index contributed by atoms with van der Waals surface area (Å²) in [5, 5.41) is 0. The van der Waals surface area contributed by atoms with Gasteiger partial charge in [-0.2, -0.15) is 0 Å². The van der Waals surface area contributed by atoms with Crippen LogP contribution in [0.1, 0.15) is 30.5 Å². The zero-order chi connectivity index (χ0) is 20.7. The lowest BCUT2D eigenvalue weighted by atomic mass is 10.0. The molecule has 0 fully saturated rings. The molecule has 0 saturated heterocycles. The Kier molecular flexibility index (Phi) is 7.55. The van der Waals surface area contributed by atoms with Crippen LogP contribution < -0.4 is 18.9 Å². The molecule has 0 heterocycles. The number of nitrogens with zero attached hydrogens (tertiary/aromatic N) is 1. The van der Waals surface area contributed by atoms with Crippen LogP contribution in [0.2, 0.25) is 0 Å². The Morgan fingerprint density at radius 3 is 2.07 bits per heavy atom. The molecule has 28 heavy (non-hydrogen) atoms. The Hall–Kier alpha value is -2.89. The third-order valence-electron chi connectivity index (χ3n) is 4.97. The molecule has 1 amide bonds. The molecule has 0 N–H and O–H groups in total. The molecule has 2 aromatic rings. The molecule has 1 atom stereocenters. The lowest BCUT2D eigenvalue weighted by molar-refractivity contribution is -0.131. The summed E-state index contributed by atoms with van der Waals surface area (Å²) in [5.74, 6) is 2.58. The molecule has 0 aliphatic carbocycles. The van der Waals surface area contributed by atoms with Gasteiger partial charge in [-0.25, -0.2) is 0 Å². The van der Waals surface area contributed by atoms with Crippen LogP contribution in [0.5, 0.6) is 23.0 Å². The first-order chi connectivity index (χ1) is 13.5. The SMILES string of the molecule is COc1ccc(C(C)N(C)C(=O)CCc2ccc(OC)c(OC)c2OC)cc1. The van der Waals surface area contributed by atoms with Gasteiger partial charge in [-0.3, -0.25) is 4.79 Å². The van der Waals surface area contributed by atoms with Gasteiger partial charge in [-0.1, -0.05) is 18.2 Å². The van der Waals surface area contributed by atoms with E-state index in [0.717, 1.165) is 16.9 Å². The maximum atomic E-state index is 12.7. The van der Waals surface area contributed by atoms with Crippen LogP contribution in [0.15, 0.2) is 36.4 Å². The van der Waals surface area contributed by atoms with Gasteiger partial charge in [0.1, 0.15) is 5.75 Å². The highest BCUT2D eigenvalue weighted by Crippen LogP contribution is 2.40. The van der Waals surface area contributed by atoms with E-state index in [-0.39, 0.29) is 11.9 Å². The predicted octanol–water partition coefficient (Wildman–Crippen LogP) is 3.87. The minimum absolute atomic E-state index is 0.0364. The predicted molar refractivity (Wildman–Crippen MR) is 109 cm³/mol. The first-order valence-electron chi connectivity index (χ1n) is 9.14. The molecule has 2 aromatic carbocycles. The molecule has 0 radical (unpaired) electrons. The van der Waals surface area contributed by atoms with E-state index >= 15 is 0 Å². The van der Waals surface area contributed by atoms with Gasteiger partial charge < -0.3 is 23.8 Å². The summed E-state index contributed by atoms with van der Waals surface area (Å²) in [6.07, 6.45) is 0.908. The topological polar surface area (TPSA) is 57.2 Å². The first kappa shape index (κ1) is 21.4. The average molecular weight is 387 g/mol. The second-order valence-corrected chi connectivity index (χ2v) is 6.45. The first-order valence-corrected chi connectivity index (χ1v) is 9.14. The minimum Gasteiger partial charge on any atom is -0.497 e. The van der Waals surface area contributed by atoms with Crippen LogP contribution in [0, 0.1) is 0 Å². The third-order valence-corrected chi connectivity index (χ3v) is 4.97. The van der Waals surface area contributed by atoms with Gasteiger partial charge in [-0.05, 0) is 42.7 Å². The van der Waals surface area contributed by atoms with Gasteiger partial charge in [0.25, 0.3) is 0 Å². The molecular weight excluding hydrogens is 358 g/mol. The summed E-state index contributed by atoms with van der Waals surface area (Å²) in [6, 6.07) is 11.4. The number of ether oxygens (including phenoxy) is 4. The van der Waals surface area contributed by atoms with Crippen LogP contribution in [-0.4, -0.2) is 46.3 Å². The summed E-state index contributed by atoms with van der Waals surface area (Å²) in [5.41, 5.74) is 1.96. The van der Waals surface area contributed by atoms with Gasteiger partial charge in [0.2, 0.25) is 11.7 Å². The van der Waals surface area contributed by atoms with Gasteiger partial charge in [0.15, 0.2) is 11.5 Å². The molecule has 2 rings (SSSR count). The molecule has 0 aromatic heterocycles. The van der Waals surface area contributed by atoms with E-state index in [9.17, 15) is 4.79 Å². The van der Waals surface area contributed by atoms with Gasteiger partial charge in [0.05, 0.1) is 34.5 Å². The van der Waals surface area contributed by atoms with Crippen molar-refractivity contribution in [2.24, 2.45) is 0 Å². The molecule has 6 heteroatoms. The smallest absolute Gasteiger partial charge is 0.223 e. The number of carbonyl (C=O) groups is 1. The zero-order valence-electron chi connectivity index (χ0n) is 17.4. The van der Waals surface area contributed by atoms with Crippen molar-refractivity contribution in [1.29, 1.82) is 0 Å². The largest absolute Gasteiger partial charge is 0.497 e. The highest BCUT2D eigenvalue weighted by atomic mass is 16.5. The Morgan fingerprint density at radius 2 is 1.54 bits per heavy atom. The number of benzene rings is 2. The molecular formula is C22H29NO5. The fraction of sp³-hybridized carbons (Fsp3) is 0.409. The van der Waals surface area contributed by atoms with Gasteiger partial charge >= 0.3 is 0 Å². The van der Waals surface area contributed by atoms with Crippen molar-refractivity contribution in [2.75, 3.05) is 35.5 Å². The van der Waals surface area contributed by atoms with Crippen molar-refractivity contribution >= 4 is 5.91 Å². The molecule has 0 bridgehead atoms. The Balaban J connectivity index is 2.08. The van der Waals surface area contributed by atoms with Crippen molar-refractivity contribution in [2.45, 2.75) is 25.8 Å². The summed E-state index contributed by atoms with van der Waals surface area (Å²) in [6.45, 7) is 2.01. The highest BCUT2D eigenvalue weighted by Gasteiger charge is 2.20. The van der Waals surface area contributed by atoms with E-state index in [0.29, 0.717) is 30.1 Å².